The van der Waals surface area contributed by atoms with Crippen molar-refractivity contribution in [1.82, 2.24) is 0 Å². The van der Waals surface area contributed by atoms with E-state index in [4.69, 9.17) is 4.74 Å². The molecule has 0 fully saturated rings. The molecule has 4 rings (SSSR count). The van der Waals surface area contributed by atoms with Gasteiger partial charge in [0.25, 0.3) is 5.91 Å². The van der Waals surface area contributed by atoms with Crippen molar-refractivity contribution < 1.29 is 19.4 Å². The van der Waals surface area contributed by atoms with Crippen LogP contribution in [0.4, 0.5) is 5.69 Å². The number of rotatable bonds is 7. The molecular formula is C29H28N2O4. The average Bonchev–Trinajstić information content (AvgIpc) is 3.17. The third kappa shape index (κ3) is 5.32. The molecule has 0 radical (unpaired) electrons. The van der Waals surface area contributed by atoms with E-state index in [1.165, 1.54) is 22.7 Å². The Morgan fingerprint density at radius 3 is 2.11 bits per heavy atom. The molecule has 1 amide bonds. The summed E-state index contributed by atoms with van der Waals surface area (Å²) in [5.41, 5.74) is 3.75. The Balaban J connectivity index is 1.56. The van der Waals surface area contributed by atoms with Crippen LogP contribution in [0.25, 0.3) is 6.08 Å². The van der Waals surface area contributed by atoms with Gasteiger partial charge in [0.1, 0.15) is 11.5 Å². The van der Waals surface area contributed by atoms with E-state index in [1.807, 2.05) is 56.3 Å². The minimum Gasteiger partial charge on any atom is -0.478 e. The van der Waals surface area contributed by atoms with Crippen LogP contribution in [0, 0.1) is 5.92 Å². The van der Waals surface area contributed by atoms with Crippen LogP contribution >= 0.6 is 0 Å². The van der Waals surface area contributed by atoms with Gasteiger partial charge in [-0.3, -0.25) is 4.79 Å². The maximum Gasteiger partial charge on any atom is 0.335 e. The average molecular weight is 469 g/mol. The second kappa shape index (κ2) is 9.97. The van der Waals surface area contributed by atoms with Gasteiger partial charge in [-0.05, 0) is 71.5 Å². The molecule has 1 N–H and O–H groups in total. The van der Waals surface area contributed by atoms with Crippen LogP contribution in [-0.4, -0.2) is 22.7 Å². The lowest BCUT2D eigenvalue weighted by Crippen LogP contribution is -2.22. The Morgan fingerprint density at radius 2 is 1.54 bits per heavy atom. The minimum absolute atomic E-state index is 0.00859. The molecule has 0 saturated carbocycles. The van der Waals surface area contributed by atoms with Crippen molar-refractivity contribution in [2.75, 3.05) is 5.01 Å². The van der Waals surface area contributed by atoms with Gasteiger partial charge in [0.15, 0.2) is 0 Å². The van der Waals surface area contributed by atoms with Crippen molar-refractivity contribution in [1.29, 1.82) is 0 Å². The van der Waals surface area contributed by atoms with Crippen molar-refractivity contribution in [2.24, 2.45) is 11.0 Å². The predicted molar refractivity (Wildman–Crippen MR) is 138 cm³/mol. The van der Waals surface area contributed by atoms with Gasteiger partial charge in [0.2, 0.25) is 0 Å². The number of carbonyl (C=O) groups is 2. The SMILES string of the molecule is CC(C)C1=NN(c2cccc(C(=O)O)c2)C(=O)/C1=C\c1ccc(Oc2ccc(C(C)C)cc2)cc1. The Morgan fingerprint density at radius 1 is 0.914 bits per heavy atom. The molecule has 0 atom stereocenters. The third-order valence-corrected chi connectivity index (χ3v) is 5.76. The predicted octanol–water partition coefficient (Wildman–Crippen LogP) is 6.74. The van der Waals surface area contributed by atoms with E-state index in [1.54, 1.807) is 12.1 Å². The summed E-state index contributed by atoms with van der Waals surface area (Å²) in [5.74, 6) is 0.592. The number of benzene rings is 3. The molecule has 1 aliphatic heterocycles. The van der Waals surface area contributed by atoms with Gasteiger partial charge in [-0.1, -0.05) is 58.0 Å². The summed E-state index contributed by atoms with van der Waals surface area (Å²) >= 11 is 0. The Bertz CT molecular complexity index is 1300. The first-order valence-electron chi connectivity index (χ1n) is 11.6. The quantitative estimate of drug-likeness (QED) is 0.389. The minimum atomic E-state index is -1.06. The fourth-order valence-corrected chi connectivity index (χ4v) is 3.79. The maximum atomic E-state index is 13.3. The summed E-state index contributed by atoms with van der Waals surface area (Å²) in [5, 5.41) is 15.1. The molecule has 0 saturated heterocycles. The number of ether oxygens (including phenoxy) is 1. The number of carbonyl (C=O) groups excluding carboxylic acids is 1. The lowest BCUT2D eigenvalue weighted by molar-refractivity contribution is -0.114. The molecule has 0 spiro atoms. The lowest BCUT2D eigenvalue weighted by atomic mass is 9.98. The number of hydrogen-bond acceptors (Lipinski definition) is 4. The molecule has 1 aliphatic rings. The topological polar surface area (TPSA) is 79.2 Å². The number of carboxylic acid groups (broad SMARTS) is 1. The van der Waals surface area contributed by atoms with E-state index in [0.29, 0.717) is 28.6 Å². The highest BCUT2D eigenvalue weighted by atomic mass is 16.5. The Hall–Kier alpha value is -4.19. The first-order valence-corrected chi connectivity index (χ1v) is 11.6. The molecule has 178 valence electrons. The molecule has 0 aromatic heterocycles. The fraction of sp³-hybridized carbons (Fsp3) is 0.207. The normalized spacial score (nSPS) is 14.7. The second-order valence-corrected chi connectivity index (χ2v) is 9.07. The van der Waals surface area contributed by atoms with Gasteiger partial charge >= 0.3 is 5.97 Å². The number of anilines is 1. The lowest BCUT2D eigenvalue weighted by Gasteiger charge is -2.12. The number of hydrazone groups is 1. The van der Waals surface area contributed by atoms with Crippen LogP contribution in [0.3, 0.4) is 0 Å². The molecule has 35 heavy (non-hydrogen) atoms. The fourth-order valence-electron chi connectivity index (χ4n) is 3.79. The smallest absolute Gasteiger partial charge is 0.335 e. The number of hydrogen-bond donors (Lipinski definition) is 1. The van der Waals surface area contributed by atoms with Crippen LogP contribution in [0.1, 0.15) is 55.1 Å². The zero-order valence-corrected chi connectivity index (χ0v) is 20.2. The summed E-state index contributed by atoms with van der Waals surface area (Å²) < 4.78 is 5.96. The van der Waals surface area contributed by atoms with E-state index in [-0.39, 0.29) is 17.4 Å². The summed E-state index contributed by atoms with van der Waals surface area (Å²) in [6.07, 6.45) is 1.81. The highest BCUT2D eigenvalue weighted by Gasteiger charge is 2.32. The van der Waals surface area contributed by atoms with Gasteiger partial charge in [0.05, 0.1) is 22.5 Å². The van der Waals surface area contributed by atoms with Gasteiger partial charge in [0, 0.05) is 0 Å². The van der Waals surface area contributed by atoms with Crippen LogP contribution in [0.5, 0.6) is 11.5 Å². The Kier molecular flexibility index (Phi) is 6.82. The molecule has 0 unspecified atom stereocenters. The number of aromatic carboxylic acids is 1. The standard InChI is InChI=1S/C29H28N2O4/c1-18(2)21-10-14-25(15-11-21)35-24-12-8-20(9-13-24)16-26-27(19(3)4)30-31(28(26)32)23-7-5-6-22(17-23)29(33)34/h5-19H,1-4H3,(H,33,34)/b26-16-. The van der Waals surface area contributed by atoms with Gasteiger partial charge < -0.3 is 9.84 Å². The van der Waals surface area contributed by atoms with Crippen LogP contribution in [0.15, 0.2) is 83.5 Å². The largest absolute Gasteiger partial charge is 0.478 e. The number of carboxylic acids is 1. The Labute approximate surface area is 205 Å². The van der Waals surface area contributed by atoms with E-state index in [0.717, 1.165) is 11.3 Å². The summed E-state index contributed by atoms with van der Waals surface area (Å²) in [6.45, 7) is 8.25. The second-order valence-electron chi connectivity index (χ2n) is 9.07. The zero-order chi connectivity index (χ0) is 25.1. The van der Waals surface area contributed by atoms with E-state index in [2.05, 4.69) is 31.1 Å². The first-order chi connectivity index (χ1) is 16.7. The maximum absolute atomic E-state index is 13.3. The van der Waals surface area contributed by atoms with Gasteiger partial charge in [-0.25, -0.2) is 4.79 Å². The molecule has 6 nitrogen and oxygen atoms in total. The summed E-state index contributed by atoms with van der Waals surface area (Å²) in [6, 6.07) is 21.8. The van der Waals surface area contributed by atoms with E-state index >= 15 is 0 Å². The number of nitrogens with zero attached hydrogens (tertiary/aromatic N) is 2. The van der Waals surface area contributed by atoms with E-state index < -0.39 is 5.97 Å². The van der Waals surface area contributed by atoms with Crippen molar-refractivity contribution in [3.05, 3.63) is 95.1 Å². The molecular weight excluding hydrogens is 440 g/mol. The molecule has 0 bridgehead atoms. The molecule has 1 heterocycles. The van der Waals surface area contributed by atoms with Crippen molar-refractivity contribution >= 4 is 29.4 Å². The molecule has 0 aliphatic carbocycles. The van der Waals surface area contributed by atoms with Gasteiger partial charge in [-0.2, -0.15) is 10.1 Å². The third-order valence-electron chi connectivity index (χ3n) is 5.76. The van der Waals surface area contributed by atoms with Crippen molar-refractivity contribution in [3.63, 3.8) is 0 Å². The van der Waals surface area contributed by atoms with Crippen LogP contribution in [-0.2, 0) is 4.79 Å². The molecule has 3 aromatic carbocycles. The highest BCUT2D eigenvalue weighted by molar-refractivity contribution is 6.33. The van der Waals surface area contributed by atoms with Crippen LogP contribution < -0.4 is 9.75 Å². The first kappa shape index (κ1) is 24.0. The van der Waals surface area contributed by atoms with Crippen molar-refractivity contribution in [3.8, 4) is 11.5 Å². The highest BCUT2D eigenvalue weighted by Crippen LogP contribution is 2.29. The molecule has 3 aromatic rings. The van der Waals surface area contributed by atoms with E-state index in [9.17, 15) is 14.7 Å². The summed E-state index contributed by atoms with van der Waals surface area (Å²) in [4.78, 5) is 24.6. The summed E-state index contributed by atoms with van der Waals surface area (Å²) in [7, 11) is 0. The monoisotopic (exact) mass is 468 g/mol. The van der Waals surface area contributed by atoms with Crippen molar-refractivity contribution in [2.45, 2.75) is 33.6 Å². The van der Waals surface area contributed by atoms with Crippen LogP contribution in [0.2, 0.25) is 0 Å². The number of amides is 1. The molecule has 6 heteroatoms. The zero-order valence-electron chi connectivity index (χ0n) is 20.2. The van der Waals surface area contributed by atoms with Gasteiger partial charge in [-0.15, -0.1) is 0 Å².